The normalized spacial score (nSPS) is 22.3. The van der Waals surface area contributed by atoms with E-state index in [4.69, 9.17) is 4.74 Å². The van der Waals surface area contributed by atoms with Crippen LogP contribution in [0.1, 0.15) is 52.4 Å². The maximum atomic E-state index is 11.7. The molecule has 0 aromatic carbocycles. The molecule has 5 heteroatoms. The van der Waals surface area contributed by atoms with E-state index in [1.165, 1.54) is 6.42 Å². The van der Waals surface area contributed by atoms with Crippen LogP contribution in [0.2, 0.25) is 0 Å². The van der Waals surface area contributed by atoms with Crippen molar-refractivity contribution < 1.29 is 14.3 Å². The zero-order valence-corrected chi connectivity index (χ0v) is 12.7. The van der Waals surface area contributed by atoms with E-state index in [9.17, 15) is 9.59 Å². The first-order chi connectivity index (χ1) is 9.67. The molecule has 1 saturated carbocycles. The van der Waals surface area contributed by atoms with Crippen LogP contribution in [0.3, 0.4) is 0 Å². The Morgan fingerprint density at radius 2 is 1.80 bits per heavy atom. The van der Waals surface area contributed by atoms with E-state index in [0.29, 0.717) is 19.8 Å². The molecular weight excluding hydrogens is 256 g/mol. The molecule has 116 valence electrons. The van der Waals surface area contributed by atoms with E-state index >= 15 is 0 Å². The lowest BCUT2D eigenvalue weighted by atomic mass is 9.84. The van der Waals surface area contributed by atoms with Crippen molar-refractivity contribution in [3.63, 3.8) is 0 Å². The number of nitrogens with one attached hydrogen (secondary N) is 2. The van der Waals surface area contributed by atoms with Gasteiger partial charge in [0.15, 0.2) is 0 Å². The highest BCUT2D eigenvalue weighted by molar-refractivity contribution is 6.35. The molecule has 0 aromatic heterocycles. The predicted octanol–water partition coefficient (Wildman–Crippen LogP) is 1.61. The average Bonchev–Trinajstić information content (AvgIpc) is 2.47. The van der Waals surface area contributed by atoms with E-state index in [1.807, 2.05) is 6.92 Å². The molecule has 2 N–H and O–H groups in total. The highest BCUT2D eigenvalue weighted by Crippen LogP contribution is 2.26. The predicted molar refractivity (Wildman–Crippen MR) is 78.3 cm³/mol. The van der Waals surface area contributed by atoms with Crippen LogP contribution in [0.5, 0.6) is 0 Å². The van der Waals surface area contributed by atoms with Crippen molar-refractivity contribution in [3.05, 3.63) is 0 Å². The number of carbonyl (C=O) groups excluding carboxylic acids is 2. The summed E-state index contributed by atoms with van der Waals surface area (Å²) in [7, 11) is 0. The zero-order valence-electron chi connectivity index (χ0n) is 12.7. The molecule has 1 fully saturated rings. The Kier molecular flexibility index (Phi) is 8.26. The standard InChI is InChI=1S/C15H28N2O3/c1-3-12-6-8-13(9-7-12)17-15(19)14(18)16-10-5-11-20-4-2/h12-13H,3-11H2,1-2H3,(H,16,18)(H,17,19). The fourth-order valence-corrected chi connectivity index (χ4v) is 2.57. The van der Waals surface area contributed by atoms with Crippen molar-refractivity contribution in [3.8, 4) is 0 Å². The smallest absolute Gasteiger partial charge is 0.309 e. The summed E-state index contributed by atoms with van der Waals surface area (Å²) in [5.41, 5.74) is 0. The van der Waals surface area contributed by atoms with Crippen LogP contribution >= 0.6 is 0 Å². The molecule has 5 nitrogen and oxygen atoms in total. The van der Waals surface area contributed by atoms with Crippen molar-refractivity contribution >= 4 is 11.8 Å². The molecular formula is C15H28N2O3. The van der Waals surface area contributed by atoms with Gasteiger partial charge in [-0.1, -0.05) is 13.3 Å². The van der Waals surface area contributed by atoms with Crippen molar-refractivity contribution in [1.82, 2.24) is 10.6 Å². The van der Waals surface area contributed by atoms with E-state index in [0.717, 1.165) is 38.0 Å². The van der Waals surface area contributed by atoms with Gasteiger partial charge in [0.05, 0.1) is 0 Å². The zero-order chi connectivity index (χ0) is 14.8. The maximum Gasteiger partial charge on any atom is 0.309 e. The molecule has 0 atom stereocenters. The van der Waals surface area contributed by atoms with E-state index in [2.05, 4.69) is 17.6 Å². The number of hydrogen-bond acceptors (Lipinski definition) is 3. The Bertz CT molecular complexity index is 299. The molecule has 20 heavy (non-hydrogen) atoms. The Hall–Kier alpha value is -1.10. The van der Waals surface area contributed by atoms with Crippen molar-refractivity contribution in [1.29, 1.82) is 0 Å². The van der Waals surface area contributed by atoms with Gasteiger partial charge < -0.3 is 15.4 Å². The second kappa shape index (κ2) is 9.75. The molecule has 1 aliphatic rings. The highest BCUT2D eigenvalue weighted by Gasteiger charge is 2.23. The molecule has 0 heterocycles. The van der Waals surface area contributed by atoms with Crippen LogP contribution in [0.25, 0.3) is 0 Å². The Morgan fingerprint density at radius 1 is 1.10 bits per heavy atom. The van der Waals surface area contributed by atoms with Crippen LogP contribution < -0.4 is 10.6 Å². The monoisotopic (exact) mass is 284 g/mol. The number of amides is 2. The topological polar surface area (TPSA) is 67.4 Å². The quantitative estimate of drug-likeness (QED) is 0.551. The third-order valence-electron chi connectivity index (χ3n) is 3.92. The van der Waals surface area contributed by atoms with E-state index < -0.39 is 11.8 Å². The Labute approximate surface area is 121 Å². The van der Waals surface area contributed by atoms with Crippen molar-refractivity contribution in [2.24, 2.45) is 5.92 Å². The summed E-state index contributed by atoms with van der Waals surface area (Å²) < 4.78 is 5.17. The van der Waals surface area contributed by atoms with Crippen molar-refractivity contribution in [2.75, 3.05) is 19.8 Å². The first-order valence-electron chi connectivity index (χ1n) is 7.83. The summed E-state index contributed by atoms with van der Waals surface area (Å²) in [6.07, 6.45) is 6.22. The summed E-state index contributed by atoms with van der Waals surface area (Å²) in [4.78, 5) is 23.3. The maximum absolute atomic E-state index is 11.7. The summed E-state index contributed by atoms with van der Waals surface area (Å²) in [5, 5.41) is 5.45. The minimum Gasteiger partial charge on any atom is -0.382 e. The van der Waals surface area contributed by atoms with Gasteiger partial charge in [0.25, 0.3) is 0 Å². The van der Waals surface area contributed by atoms with Gasteiger partial charge in [0.2, 0.25) is 0 Å². The molecule has 0 radical (unpaired) electrons. The minimum atomic E-state index is -0.529. The molecule has 0 aromatic rings. The fraction of sp³-hybridized carbons (Fsp3) is 0.867. The van der Waals surface area contributed by atoms with Gasteiger partial charge in [-0.25, -0.2) is 0 Å². The highest BCUT2D eigenvalue weighted by atomic mass is 16.5. The SMILES string of the molecule is CCOCCCNC(=O)C(=O)NC1CCC(CC)CC1. The lowest BCUT2D eigenvalue weighted by Gasteiger charge is -2.28. The molecule has 0 saturated heterocycles. The van der Waals surface area contributed by atoms with Crippen LogP contribution in [-0.4, -0.2) is 37.6 Å². The number of hydrogen-bond donors (Lipinski definition) is 2. The third-order valence-corrected chi connectivity index (χ3v) is 3.92. The summed E-state index contributed by atoms with van der Waals surface area (Å²) in [6.45, 7) is 5.90. The number of ether oxygens (including phenoxy) is 1. The van der Waals surface area contributed by atoms with Gasteiger partial charge in [-0.05, 0) is 44.9 Å². The first-order valence-corrected chi connectivity index (χ1v) is 7.83. The second-order valence-electron chi connectivity index (χ2n) is 5.41. The van der Waals surface area contributed by atoms with E-state index in [1.54, 1.807) is 0 Å². The van der Waals surface area contributed by atoms with Gasteiger partial charge in [-0.2, -0.15) is 0 Å². The summed E-state index contributed by atoms with van der Waals surface area (Å²) in [6, 6.07) is 0.166. The molecule has 1 rings (SSSR count). The molecule has 0 spiro atoms. The van der Waals surface area contributed by atoms with E-state index in [-0.39, 0.29) is 6.04 Å². The average molecular weight is 284 g/mol. The summed E-state index contributed by atoms with van der Waals surface area (Å²) >= 11 is 0. The van der Waals surface area contributed by atoms with Crippen LogP contribution in [0, 0.1) is 5.92 Å². The Morgan fingerprint density at radius 3 is 2.40 bits per heavy atom. The van der Waals surface area contributed by atoms with Crippen LogP contribution in [0.15, 0.2) is 0 Å². The van der Waals surface area contributed by atoms with Gasteiger partial charge in [-0.15, -0.1) is 0 Å². The third kappa shape index (κ3) is 6.37. The number of rotatable bonds is 7. The molecule has 2 amide bonds. The van der Waals surface area contributed by atoms with Crippen LogP contribution in [0.4, 0.5) is 0 Å². The van der Waals surface area contributed by atoms with Crippen molar-refractivity contribution in [2.45, 2.75) is 58.4 Å². The molecule has 0 unspecified atom stereocenters. The summed E-state index contributed by atoms with van der Waals surface area (Å²) in [5.74, 6) is -0.240. The first kappa shape index (κ1) is 17.0. The second-order valence-corrected chi connectivity index (χ2v) is 5.41. The molecule has 0 aliphatic heterocycles. The van der Waals surface area contributed by atoms with Gasteiger partial charge >= 0.3 is 11.8 Å². The molecule has 1 aliphatic carbocycles. The minimum absolute atomic E-state index is 0.166. The van der Waals surface area contributed by atoms with Gasteiger partial charge in [0, 0.05) is 25.8 Å². The van der Waals surface area contributed by atoms with Crippen LogP contribution in [-0.2, 0) is 14.3 Å². The van der Waals surface area contributed by atoms with Gasteiger partial charge in [0.1, 0.15) is 0 Å². The lowest BCUT2D eigenvalue weighted by Crippen LogP contribution is -2.46. The Balaban J connectivity index is 2.14. The lowest BCUT2D eigenvalue weighted by molar-refractivity contribution is -0.139. The largest absolute Gasteiger partial charge is 0.382 e. The van der Waals surface area contributed by atoms with Gasteiger partial charge in [-0.3, -0.25) is 9.59 Å². The molecule has 0 bridgehead atoms. The number of carbonyl (C=O) groups is 2. The fourth-order valence-electron chi connectivity index (χ4n) is 2.57.